The monoisotopic (exact) mass is 491 g/mol. The van der Waals surface area contributed by atoms with E-state index >= 15 is 0 Å². The van der Waals surface area contributed by atoms with E-state index in [0.29, 0.717) is 23.5 Å². The summed E-state index contributed by atoms with van der Waals surface area (Å²) in [5, 5.41) is 37.2. The van der Waals surface area contributed by atoms with Gasteiger partial charge in [0.15, 0.2) is 28.3 Å². The lowest BCUT2D eigenvalue weighted by Gasteiger charge is -2.17. The molecule has 0 aliphatic carbocycles. The number of hydrogen-bond donors (Lipinski definition) is 5. The van der Waals surface area contributed by atoms with E-state index in [-0.39, 0.29) is 11.3 Å². The highest BCUT2D eigenvalue weighted by Crippen LogP contribution is 2.33. The van der Waals surface area contributed by atoms with Gasteiger partial charge in [0.1, 0.15) is 18.3 Å². The molecule has 1 aliphatic heterocycles. The number of aliphatic hydroxyl groups excluding tert-OH is 3. The number of thiazole rings is 1. The molecule has 5 N–H and O–H groups in total. The summed E-state index contributed by atoms with van der Waals surface area (Å²) in [4.78, 5) is 17.4. The molecule has 5 atom stereocenters. The zero-order valence-corrected chi connectivity index (χ0v) is 19.0. The molecule has 0 amide bonds. The van der Waals surface area contributed by atoms with Crippen molar-refractivity contribution in [3.05, 3.63) is 35.9 Å². The topological polar surface area (TPSA) is 150 Å². The summed E-state index contributed by atoms with van der Waals surface area (Å²) < 4.78 is 8.18. The van der Waals surface area contributed by atoms with Crippen LogP contribution in [0.15, 0.2) is 30.6 Å². The Balaban J connectivity index is 1.34. The molecular weight excluding hydrogens is 470 g/mol. The lowest BCUT2D eigenvalue weighted by molar-refractivity contribution is -0.0511. The second kappa shape index (κ2) is 8.97. The Hall–Kier alpha value is -2.61. The Morgan fingerprint density at radius 1 is 1.21 bits per heavy atom. The van der Waals surface area contributed by atoms with Crippen molar-refractivity contribution in [3.8, 4) is 0 Å². The van der Waals surface area contributed by atoms with Gasteiger partial charge in [0.05, 0.1) is 23.2 Å². The fraction of sp³-hybridized carbons (Fsp3) is 0.400. The number of fused-ring (bicyclic) bond motifs is 2. The Morgan fingerprint density at radius 3 is 2.79 bits per heavy atom. The summed E-state index contributed by atoms with van der Waals surface area (Å²) in [6.07, 6.45) is -2.95. The average molecular weight is 492 g/mol. The fourth-order valence-electron chi connectivity index (χ4n) is 3.76. The van der Waals surface area contributed by atoms with Crippen molar-refractivity contribution in [2.45, 2.75) is 37.5 Å². The molecule has 2 unspecified atom stereocenters. The molecule has 3 aromatic heterocycles. The summed E-state index contributed by atoms with van der Waals surface area (Å²) in [5.74, 6) is 0.425. The predicted octanol–water partition coefficient (Wildman–Crippen LogP) is 1.61. The maximum absolute atomic E-state index is 10.4. The van der Waals surface area contributed by atoms with Gasteiger partial charge >= 0.3 is 0 Å². The van der Waals surface area contributed by atoms with E-state index in [1.165, 1.54) is 10.9 Å². The molecule has 1 fully saturated rings. The van der Waals surface area contributed by atoms with Crippen molar-refractivity contribution in [1.82, 2.24) is 24.5 Å². The maximum atomic E-state index is 10.4. The second-order valence-electron chi connectivity index (χ2n) is 7.81. The maximum Gasteiger partial charge on any atom is 0.226 e. The first-order valence-electron chi connectivity index (χ1n) is 10.3. The van der Waals surface area contributed by atoms with Crippen molar-refractivity contribution in [2.75, 3.05) is 23.8 Å². The summed E-state index contributed by atoms with van der Waals surface area (Å²) in [7, 11) is 0. The van der Waals surface area contributed by atoms with E-state index in [4.69, 9.17) is 16.3 Å². The van der Waals surface area contributed by atoms with E-state index in [2.05, 4.69) is 30.6 Å². The quantitative estimate of drug-likeness (QED) is 0.241. The minimum Gasteiger partial charge on any atom is -0.394 e. The molecule has 13 heteroatoms. The molecule has 1 aromatic carbocycles. The summed E-state index contributed by atoms with van der Waals surface area (Å²) in [6.45, 7) is 2.12. The van der Waals surface area contributed by atoms with Crippen LogP contribution in [0, 0.1) is 0 Å². The van der Waals surface area contributed by atoms with Crippen LogP contribution in [0.1, 0.15) is 13.2 Å². The third kappa shape index (κ3) is 4.21. The first-order valence-corrected chi connectivity index (χ1v) is 11.5. The van der Waals surface area contributed by atoms with Gasteiger partial charge in [-0.25, -0.2) is 9.97 Å². The Bertz CT molecular complexity index is 1250. The van der Waals surface area contributed by atoms with E-state index in [0.717, 1.165) is 15.3 Å². The number of halogens is 1. The summed E-state index contributed by atoms with van der Waals surface area (Å²) >= 11 is 7.74. The zero-order chi connectivity index (χ0) is 23.1. The zero-order valence-electron chi connectivity index (χ0n) is 17.5. The van der Waals surface area contributed by atoms with E-state index < -0.39 is 31.1 Å². The second-order valence-corrected chi connectivity index (χ2v) is 9.18. The van der Waals surface area contributed by atoms with Crippen molar-refractivity contribution >= 4 is 55.3 Å². The van der Waals surface area contributed by atoms with Gasteiger partial charge in [0, 0.05) is 12.6 Å². The van der Waals surface area contributed by atoms with Crippen LogP contribution in [-0.2, 0) is 4.74 Å². The lowest BCUT2D eigenvalue weighted by atomic mass is 10.1. The minimum atomic E-state index is -1.26. The Morgan fingerprint density at radius 2 is 2.03 bits per heavy atom. The highest BCUT2D eigenvalue weighted by molar-refractivity contribution is 7.22. The largest absolute Gasteiger partial charge is 0.394 e. The van der Waals surface area contributed by atoms with Gasteiger partial charge in [-0.2, -0.15) is 9.97 Å². The van der Waals surface area contributed by atoms with Gasteiger partial charge in [-0.15, -0.1) is 0 Å². The van der Waals surface area contributed by atoms with E-state index in [1.54, 1.807) is 11.3 Å². The van der Waals surface area contributed by atoms with Crippen LogP contribution in [0.25, 0.3) is 21.4 Å². The first kappa shape index (κ1) is 22.2. The van der Waals surface area contributed by atoms with Gasteiger partial charge < -0.3 is 30.7 Å². The molecule has 33 heavy (non-hydrogen) atoms. The number of benzene rings is 1. The van der Waals surface area contributed by atoms with Gasteiger partial charge in [0.25, 0.3) is 0 Å². The summed E-state index contributed by atoms with van der Waals surface area (Å²) in [5.41, 5.74) is 1.72. The highest BCUT2D eigenvalue weighted by Gasteiger charge is 2.44. The Labute approximate surface area is 197 Å². The van der Waals surface area contributed by atoms with Crippen LogP contribution in [-0.4, -0.2) is 77.3 Å². The summed E-state index contributed by atoms with van der Waals surface area (Å²) in [6, 6.07) is 7.88. The van der Waals surface area contributed by atoms with Crippen molar-refractivity contribution < 1.29 is 20.1 Å². The smallest absolute Gasteiger partial charge is 0.226 e. The molecular formula is C20H22ClN7O4S. The lowest BCUT2D eigenvalue weighted by Crippen LogP contribution is -2.33. The average Bonchev–Trinajstić information content (AvgIpc) is 3.48. The van der Waals surface area contributed by atoms with Crippen molar-refractivity contribution in [2.24, 2.45) is 0 Å². The molecule has 0 bridgehead atoms. The van der Waals surface area contributed by atoms with E-state index in [9.17, 15) is 15.3 Å². The van der Waals surface area contributed by atoms with Crippen molar-refractivity contribution in [1.29, 1.82) is 0 Å². The molecule has 0 spiro atoms. The van der Waals surface area contributed by atoms with Crippen LogP contribution in [0.4, 0.5) is 10.9 Å². The number of para-hydroxylation sites is 1. The van der Waals surface area contributed by atoms with Crippen LogP contribution in [0.5, 0.6) is 0 Å². The number of imidazole rings is 1. The molecule has 174 valence electrons. The molecule has 4 heterocycles. The molecule has 1 aliphatic rings. The van der Waals surface area contributed by atoms with Gasteiger partial charge in [0.2, 0.25) is 5.28 Å². The third-order valence-electron chi connectivity index (χ3n) is 5.42. The highest BCUT2D eigenvalue weighted by atomic mass is 35.5. The Kier molecular flexibility index (Phi) is 6.03. The number of ether oxygens (including phenoxy) is 1. The van der Waals surface area contributed by atoms with Crippen LogP contribution in [0.2, 0.25) is 5.28 Å². The number of aromatic nitrogens is 5. The molecule has 5 rings (SSSR count). The van der Waals surface area contributed by atoms with Crippen LogP contribution >= 0.6 is 22.9 Å². The van der Waals surface area contributed by atoms with Gasteiger partial charge in [-0.3, -0.25) is 4.57 Å². The predicted molar refractivity (Wildman–Crippen MR) is 125 cm³/mol. The normalized spacial score (nSPS) is 23.9. The first-order chi connectivity index (χ1) is 15.9. The van der Waals surface area contributed by atoms with Gasteiger partial charge in [-0.1, -0.05) is 23.5 Å². The van der Waals surface area contributed by atoms with Crippen LogP contribution in [0.3, 0.4) is 0 Å². The fourth-order valence-corrected chi connectivity index (χ4v) is 4.80. The number of rotatable bonds is 7. The SMILES string of the molecule is C[C@H](CNc1nc2ccccc2s1)Nc1nc(Cl)nc2c1ncn2[C@@H]1O[C@H](CO)C(O)C1O. The minimum absolute atomic E-state index is 0.00942. The number of nitrogens with zero attached hydrogens (tertiary/aromatic N) is 5. The molecule has 1 saturated heterocycles. The van der Waals surface area contributed by atoms with E-state index in [1.807, 2.05) is 31.2 Å². The van der Waals surface area contributed by atoms with Crippen molar-refractivity contribution in [3.63, 3.8) is 0 Å². The molecule has 4 aromatic rings. The van der Waals surface area contributed by atoms with Crippen LogP contribution < -0.4 is 10.6 Å². The molecule has 11 nitrogen and oxygen atoms in total. The number of anilines is 2. The number of hydrogen-bond acceptors (Lipinski definition) is 11. The third-order valence-corrected chi connectivity index (χ3v) is 6.59. The number of nitrogens with one attached hydrogen (secondary N) is 2. The standard InChI is InChI=1S/C20H22ClN7O4S/c1-9(6-22-20-25-10-4-2-3-5-12(10)33-20)24-16-13-17(27-19(21)26-16)28(8-23-13)18-15(31)14(30)11(7-29)32-18/h2-5,8-9,11,14-15,18,29-31H,6-7H2,1H3,(H,22,25)(H,24,26,27)/t9-,11-,14?,15?,18-/m1/s1. The molecule has 0 radical (unpaired) electrons. The number of aliphatic hydroxyl groups is 3. The molecule has 0 saturated carbocycles. The van der Waals surface area contributed by atoms with Gasteiger partial charge in [-0.05, 0) is 30.7 Å².